The van der Waals surface area contributed by atoms with E-state index < -0.39 is 0 Å². The Morgan fingerprint density at radius 2 is 2.25 bits per heavy atom. The van der Waals surface area contributed by atoms with Crippen molar-refractivity contribution < 1.29 is 5.11 Å². The van der Waals surface area contributed by atoms with Gasteiger partial charge in [0.25, 0.3) is 0 Å². The van der Waals surface area contributed by atoms with Crippen LogP contribution in [0.5, 0.6) is 0 Å². The molecule has 0 bridgehead atoms. The number of aliphatic hydroxyl groups excluding tert-OH is 1. The Kier molecular flexibility index (Phi) is 3.06. The molecule has 0 spiro atoms. The van der Waals surface area contributed by atoms with E-state index >= 15 is 0 Å². The van der Waals surface area contributed by atoms with Gasteiger partial charge in [-0.2, -0.15) is 0 Å². The lowest BCUT2D eigenvalue weighted by Gasteiger charge is -2.05. The van der Waals surface area contributed by atoms with E-state index in [1.807, 2.05) is 19.1 Å². The van der Waals surface area contributed by atoms with Crippen LogP contribution in [0.25, 0.3) is 0 Å². The molecule has 3 heteroatoms. The van der Waals surface area contributed by atoms with Crippen LogP contribution in [0.1, 0.15) is 18.2 Å². The van der Waals surface area contributed by atoms with Gasteiger partial charge in [-0.05, 0) is 25.5 Å². The largest absolute Gasteiger partial charge is 0.393 e. The van der Waals surface area contributed by atoms with E-state index in [1.54, 1.807) is 6.92 Å². The Labute approximate surface area is 77.2 Å². The number of nitrogens with zero attached hydrogens (tertiary/aromatic N) is 1. The molecule has 1 rings (SSSR count). The van der Waals surface area contributed by atoms with Crippen molar-refractivity contribution in [1.82, 2.24) is 4.98 Å². The molecule has 2 nitrogen and oxygen atoms in total. The van der Waals surface area contributed by atoms with E-state index in [0.717, 1.165) is 11.3 Å². The highest BCUT2D eigenvalue weighted by atomic mass is 35.5. The molecule has 0 fully saturated rings. The highest BCUT2D eigenvalue weighted by Gasteiger charge is 2.04. The van der Waals surface area contributed by atoms with Gasteiger partial charge in [-0.15, -0.1) is 0 Å². The number of halogens is 1. The first-order valence-electron chi connectivity index (χ1n) is 3.89. The van der Waals surface area contributed by atoms with Crippen molar-refractivity contribution in [3.05, 3.63) is 28.5 Å². The summed E-state index contributed by atoms with van der Waals surface area (Å²) >= 11 is 5.85. The van der Waals surface area contributed by atoms with Gasteiger partial charge in [-0.3, -0.25) is 0 Å². The molecule has 0 aliphatic rings. The van der Waals surface area contributed by atoms with Crippen LogP contribution in [0.15, 0.2) is 12.1 Å². The summed E-state index contributed by atoms with van der Waals surface area (Å²) in [6.07, 6.45) is 0.193. The van der Waals surface area contributed by atoms with E-state index in [9.17, 15) is 0 Å². The highest BCUT2D eigenvalue weighted by Crippen LogP contribution is 2.15. The maximum Gasteiger partial charge on any atom is 0.132 e. The molecule has 1 aromatic heterocycles. The molecule has 0 aliphatic carbocycles. The maximum absolute atomic E-state index is 9.11. The molecular weight excluding hydrogens is 174 g/mol. The fourth-order valence-electron chi connectivity index (χ4n) is 1.02. The molecule has 1 heterocycles. The van der Waals surface area contributed by atoms with Crippen molar-refractivity contribution in [2.75, 3.05) is 0 Å². The lowest BCUT2D eigenvalue weighted by molar-refractivity contribution is 0.195. The van der Waals surface area contributed by atoms with Crippen LogP contribution >= 0.6 is 11.6 Å². The molecule has 0 saturated carbocycles. The van der Waals surface area contributed by atoms with Crippen LogP contribution in [0, 0.1) is 6.92 Å². The normalized spacial score (nSPS) is 13.0. The average Bonchev–Trinajstić information content (AvgIpc) is 1.94. The minimum atomic E-state index is -0.369. The van der Waals surface area contributed by atoms with Gasteiger partial charge < -0.3 is 5.11 Å². The molecule has 12 heavy (non-hydrogen) atoms. The van der Waals surface area contributed by atoms with Gasteiger partial charge in [-0.1, -0.05) is 17.7 Å². The van der Waals surface area contributed by atoms with Crippen LogP contribution < -0.4 is 0 Å². The van der Waals surface area contributed by atoms with Crippen molar-refractivity contribution in [1.29, 1.82) is 0 Å². The lowest BCUT2D eigenvalue weighted by Crippen LogP contribution is -2.05. The summed E-state index contributed by atoms with van der Waals surface area (Å²) < 4.78 is 0. The van der Waals surface area contributed by atoms with Gasteiger partial charge in [0.15, 0.2) is 0 Å². The van der Waals surface area contributed by atoms with Gasteiger partial charge in [0.05, 0.1) is 6.10 Å². The number of aliphatic hydroxyl groups is 1. The molecule has 66 valence electrons. The van der Waals surface area contributed by atoms with Crippen molar-refractivity contribution in [2.24, 2.45) is 0 Å². The van der Waals surface area contributed by atoms with E-state index in [1.165, 1.54) is 0 Å². The standard InChI is InChI=1S/C9H12ClNO/c1-6-3-4-8(5-7(2)12)9(10)11-6/h3-4,7,12H,5H2,1-2H3. The van der Waals surface area contributed by atoms with Crippen LogP contribution in [0.3, 0.4) is 0 Å². The third-order valence-electron chi connectivity index (χ3n) is 1.58. The molecule has 1 unspecified atom stereocenters. The van der Waals surface area contributed by atoms with Crippen LogP contribution in [-0.4, -0.2) is 16.2 Å². The Morgan fingerprint density at radius 3 is 2.75 bits per heavy atom. The zero-order chi connectivity index (χ0) is 9.14. The van der Waals surface area contributed by atoms with E-state index in [0.29, 0.717) is 11.6 Å². The Morgan fingerprint density at radius 1 is 1.58 bits per heavy atom. The first-order chi connectivity index (χ1) is 5.59. The van der Waals surface area contributed by atoms with E-state index in [4.69, 9.17) is 16.7 Å². The van der Waals surface area contributed by atoms with Crippen LogP contribution in [-0.2, 0) is 6.42 Å². The number of hydrogen-bond acceptors (Lipinski definition) is 2. The third-order valence-corrected chi connectivity index (χ3v) is 1.91. The summed E-state index contributed by atoms with van der Waals surface area (Å²) in [6, 6.07) is 3.79. The molecule has 0 amide bonds. The van der Waals surface area contributed by atoms with Crippen molar-refractivity contribution >= 4 is 11.6 Å². The zero-order valence-electron chi connectivity index (χ0n) is 7.21. The van der Waals surface area contributed by atoms with Crippen molar-refractivity contribution in [3.8, 4) is 0 Å². The van der Waals surface area contributed by atoms with E-state index in [-0.39, 0.29) is 6.10 Å². The summed E-state index contributed by atoms with van der Waals surface area (Å²) in [5.41, 5.74) is 1.80. The number of pyridine rings is 1. The number of aromatic nitrogens is 1. The summed E-state index contributed by atoms with van der Waals surface area (Å²) in [6.45, 7) is 3.62. The molecule has 1 atom stereocenters. The molecule has 0 saturated heterocycles. The predicted molar refractivity (Wildman–Crippen MR) is 49.4 cm³/mol. The maximum atomic E-state index is 9.11. The highest BCUT2D eigenvalue weighted by molar-refractivity contribution is 6.30. The Balaban J connectivity index is 2.86. The molecular formula is C9H12ClNO. The second kappa shape index (κ2) is 3.87. The van der Waals surface area contributed by atoms with Gasteiger partial charge in [0.1, 0.15) is 5.15 Å². The second-order valence-corrected chi connectivity index (χ2v) is 3.31. The first-order valence-corrected chi connectivity index (χ1v) is 4.27. The van der Waals surface area contributed by atoms with Gasteiger partial charge >= 0.3 is 0 Å². The second-order valence-electron chi connectivity index (χ2n) is 2.96. The minimum Gasteiger partial charge on any atom is -0.393 e. The van der Waals surface area contributed by atoms with Gasteiger partial charge in [0.2, 0.25) is 0 Å². The molecule has 0 aliphatic heterocycles. The van der Waals surface area contributed by atoms with Crippen LogP contribution in [0.4, 0.5) is 0 Å². The number of rotatable bonds is 2. The summed E-state index contributed by atoms with van der Waals surface area (Å²) in [5.74, 6) is 0. The van der Waals surface area contributed by atoms with Crippen LogP contribution in [0.2, 0.25) is 5.15 Å². The monoisotopic (exact) mass is 185 g/mol. The van der Waals surface area contributed by atoms with Crippen molar-refractivity contribution in [3.63, 3.8) is 0 Å². The van der Waals surface area contributed by atoms with E-state index in [2.05, 4.69) is 4.98 Å². The topological polar surface area (TPSA) is 33.1 Å². The van der Waals surface area contributed by atoms with Gasteiger partial charge in [0, 0.05) is 12.1 Å². The predicted octanol–water partition coefficient (Wildman–Crippen LogP) is 1.97. The number of hydrogen-bond donors (Lipinski definition) is 1. The summed E-state index contributed by atoms with van der Waals surface area (Å²) in [7, 11) is 0. The van der Waals surface area contributed by atoms with Crippen molar-refractivity contribution in [2.45, 2.75) is 26.4 Å². The quantitative estimate of drug-likeness (QED) is 0.715. The summed E-state index contributed by atoms with van der Waals surface area (Å²) in [5, 5.41) is 9.61. The number of aryl methyl sites for hydroxylation is 1. The Bertz CT molecular complexity index is 273. The fourth-order valence-corrected chi connectivity index (χ4v) is 1.30. The first kappa shape index (κ1) is 9.49. The fraction of sp³-hybridized carbons (Fsp3) is 0.444. The molecule has 0 aromatic carbocycles. The molecule has 0 radical (unpaired) electrons. The summed E-state index contributed by atoms with van der Waals surface area (Å²) in [4.78, 5) is 4.08. The lowest BCUT2D eigenvalue weighted by atomic mass is 10.1. The Hall–Kier alpha value is -0.600. The third kappa shape index (κ3) is 2.47. The minimum absolute atomic E-state index is 0.369. The SMILES string of the molecule is Cc1ccc(CC(C)O)c(Cl)n1. The van der Waals surface area contributed by atoms with Gasteiger partial charge in [-0.25, -0.2) is 4.98 Å². The molecule has 1 aromatic rings. The smallest absolute Gasteiger partial charge is 0.132 e. The zero-order valence-corrected chi connectivity index (χ0v) is 7.97. The molecule has 1 N–H and O–H groups in total. The average molecular weight is 186 g/mol.